The monoisotopic (exact) mass is 335 g/mol. The van der Waals surface area contributed by atoms with Crippen molar-refractivity contribution < 1.29 is 14.2 Å². The molecule has 1 unspecified atom stereocenters. The molecule has 0 spiro atoms. The number of nitrogens with two attached hydrogens (primary N) is 1. The third kappa shape index (κ3) is 3.86. The number of hydrogen-bond acceptors (Lipinski definition) is 7. The number of anilines is 1. The molecule has 2 rings (SSSR count). The van der Waals surface area contributed by atoms with Crippen LogP contribution in [-0.2, 0) is 11.3 Å². The van der Waals surface area contributed by atoms with Crippen LogP contribution < -0.4 is 15.2 Å². The van der Waals surface area contributed by atoms with Crippen molar-refractivity contribution in [3.05, 3.63) is 41.2 Å². The third-order valence-electron chi connectivity index (χ3n) is 3.40. The summed E-state index contributed by atoms with van der Waals surface area (Å²) in [6.07, 6.45) is 1.99. The highest BCUT2D eigenvalue weighted by atomic mass is 32.2. The van der Waals surface area contributed by atoms with E-state index >= 15 is 0 Å². The SMILES string of the molecule is COCc1cccc(C(SC)c2nc(OC)cc(OC)n2)c1N. The Balaban J connectivity index is 2.50. The highest BCUT2D eigenvalue weighted by Gasteiger charge is 2.21. The van der Waals surface area contributed by atoms with Crippen LogP contribution in [0.1, 0.15) is 22.2 Å². The molecule has 1 aromatic carbocycles. The maximum absolute atomic E-state index is 6.31. The second-order valence-electron chi connectivity index (χ2n) is 4.78. The molecular weight excluding hydrogens is 314 g/mol. The lowest BCUT2D eigenvalue weighted by molar-refractivity contribution is 0.185. The van der Waals surface area contributed by atoms with Crippen LogP contribution in [0.25, 0.3) is 0 Å². The van der Waals surface area contributed by atoms with Gasteiger partial charge in [0.2, 0.25) is 11.8 Å². The summed E-state index contributed by atoms with van der Waals surface area (Å²) < 4.78 is 15.7. The summed E-state index contributed by atoms with van der Waals surface area (Å²) in [6.45, 7) is 0.461. The van der Waals surface area contributed by atoms with Gasteiger partial charge in [0.25, 0.3) is 0 Å². The maximum Gasteiger partial charge on any atom is 0.220 e. The van der Waals surface area contributed by atoms with Crippen LogP contribution >= 0.6 is 11.8 Å². The van der Waals surface area contributed by atoms with Crippen LogP contribution in [0.3, 0.4) is 0 Å². The van der Waals surface area contributed by atoms with E-state index in [4.69, 9.17) is 19.9 Å². The first kappa shape index (κ1) is 17.4. The second kappa shape index (κ2) is 8.03. The van der Waals surface area contributed by atoms with E-state index in [0.29, 0.717) is 29.9 Å². The number of hydrogen-bond donors (Lipinski definition) is 1. The molecule has 0 aliphatic rings. The number of ether oxygens (including phenoxy) is 3. The molecule has 0 aliphatic carbocycles. The molecule has 1 heterocycles. The zero-order valence-electron chi connectivity index (χ0n) is 13.7. The average Bonchev–Trinajstić information content (AvgIpc) is 2.58. The topological polar surface area (TPSA) is 79.5 Å². The average molecular weight is 335 g/mol. The number of para-hydroxylation sites is 1. The zero-order valence-corrected chi connectivity index (χ0v) is 14.5. The Bertz CT molecular complexity index is 645. The number of benzene rings is 1. The molecule has 0 amide bonds. The van der Waals surface area contributed by atoms with Gasteiger partial charge in [0, 0.05) is 18.4 Å². The minimum absolute atomic E-state index is 0.129. The summed E-state index contributed by atoms with van der Waals surface area (Å²) in [7, 11) is 4.77. The first-order chi connectivity index (χ1) is 11.1. The zero-order chi connectivity index (χ0) is 16.8. The predicted octanol–water partition coefficient (Wildman–Crippen LogP) is 2.67. The highest BCUT2D eigenvalue weighted by molar-refractivity contribution is 7.99. The maximum atomic E-state index is 6.31. The molecule has 6 nitrogen and oxygen atoms in total. The van der Waals surface area contributed by atoms with E-state index in [2.05, 4.69) is 9.97 Å². The molecule has 0 radical (unpaired) electrons. The van der Waals surface area contributed by atoms with Gasteiger partial charge < -0.3 is 19.9 Å². The summed E-state index contributed by atoms with van der Waals surface area (Å²) in [4.78, 5) is 8.89. The number of thioether (sulfide) groups is 1. The van der Waals surface area contributed by atoms with Crippen molar-refractivity contribution in [3.63, 3.8) is 0 Å². The molecule has 0 saturated carbocycles. The number of methoxy groups -OCH3 is 3. The smallest absolute Gasteiger partial charge is 0.220 e. The Morgan fingerprint density at radius 3 is 2.30 bits per heavy atom. The van der Waals surface area contributed by atoms with Gasteiger partial charge in [0.1, 0.15) is 0 Å². The van der Waals surface area contributed by atoms with Crippen molar-refractivity contribution in [1.82, 2.24) is 9.97 Å². The Morgan fingerprint density at radius 1 is 1.13 bits per heavy atom. The fourth-order valence-corrected chi connectivity index (χ4v) is 3.04. The van der Waals surface area contributed by atoms with Crippen molar-refractivity contribution in [1.29, 1.82) is 0 Å². The number of nitrogen functional groups attached to an aromatic ring is 1. The minimum atomic E-state index is -0.129. The normalized spacial score (nSPS) is 12.0. The fourth-order valence-electron chi connectivity index (χ4n) is 2.26. The fraction of sp³-hybridized carbons (Fsp3) is 0.375. The van der Waals surface area contributed by atoms with Crippen LogP contribution in [0.4, 0.5) is 5.69 Å². The summed E-state index contributed by atoms with van der Waals surface area (Å²) in [5, 5.41) is -0.129. The molecule has 0 fully saturated rings. The van der Waals surface area contributed by atoms with Crippen molar-refractivity contribution in [2.24, 2.45) is 0 Å². The van der Waals surface area contributed by atoms with Crippen LogP contribution in [0, 0.1) is 0 Å². The summed E-state index contributed by atoms with van der Waals surface area (Å²) in [5.41, 5.74) is 8.90. The summed E-state index contributed by atoms with van der Waals surface area (Å²) in [6, 6.07) is 7.53. The quantitative estimate of drug-likeness (QED) is 0.779. The van der Waals surface area contributed by atoms with Gasteiger partial charge in [-0.05, 0) is 11.8 Å². The van der Waals surface area contributed by atoms with E-state index in [9.17, 15) is 0 Å². The van der Waals surface area contributed by atoms with Crippen LogP contribution in [0.5, 0.6) is 11.8 Å². The lowest BCUT2D eigenvalue weighted by atomic mass is 10.0. The third-order valence-corrected chi connectivity index (χ3v) is 4.33. The standard InChI is InChI=1S/C16H21N3O3S/c1-20-9-10-6-5-7-11(14(10)17)15(23-4)16-18-12(21-2)8-13(19-16)22-3/h5-8,15H,9,17H2,1-4H3. The molecule has 1 aromatic heterocycles. The molecule has 23 heavy (non-hydrogen) atoms. The molecule has 1 atom stereocenters. The van der Waals surface area contributed by atoms with Gasteiger partial charge in [-0.3, -0.25) is 0 Å². The lowest BCUT2D eigenvalue weighted by Crippen LogP contribution is -2.09. The molecule has 0 aliphatic heterocycles. The molecule has 2 aromatic rings. The van der Waals surface area contributed by atoms with Gasteiger partial charge in [-0.25, -0.2) is 0 Å². The number of aromatic nitrogens is 2. The molecular formula is C16H21N3O3S. The van der Waals surface area contributed by atoms with E-state index in [1.165, 1.54) is 0 Å². The first-order valence-electron chi connectivity index (χ1n) is 7.00. The first-order valence-corrected chi connectivity index (χ1v) is 8.29. The molecule has 7 heteroatoms. The second-order valence-corrected chi connectivity index (χ2v) is 5.72. The molecule has 124 valence electrons. The Kier molecular flexibility index (Phi) is 6.06. The van der Waals surface area contributed by atoms with Gasteiger partial charge in [0.05, 0.1) is 32.1 Å². The van der Waals surface area contributed by atoms with Crippen LogP contribution in [0.15, 0.2) is 24.3 Å². The van der Waals surface area contributed by atoms with Gasteiger partial charge in [0.15, 0.2) is 5.82 Å². The molecule has 0 saturated heterocycles. The van der Waals surface area contributed by atoms with Gasteiger partial charge >= 0.3 is 0 Å². The van der Waals surface area contributed by atoms with Crippen molar-refractivity contribution in [3.8, 4) is 11.8 Å². The minimum Gasteiger partial charge on any atom is -0.481 e. The van der Waals surface area contributed by atoms with Crippen molar-refractivity contribution >= 4 is 17.4 Å². The van der Waals surface area contributed by atoms with Crippen LogP contribution in [-0.4, -0.2) is 37.6 Å². The lowest BCUT2D eigenvalue weighted by Gasteiger charge is -2.18. The number of nitrogens with zero attached hydrogens (tertiary/aromatic N) is 2. The molecule has 2 N–H and O–H groups in total. The van der Waals surface area contributed by atoms with Gasteiger partial charge in [-0.1, -0.05) is 18.2 Å². The Hall–Kier alpha value is -1.99. The summed E-state index contributed by atoms with van der Waals surface area (Å²) >= 11 is 1.60. The van der Waals surface area contributed by atoms with Gasteiger partial charge in [-0.2, -0.15) is 9.97 Å². The summed E-state index contributed by atoms with van der Waals surface area (Å²) in [5.74, 6) is 1.50. The van der Waals surface area contributed by atoms with Crippen molar-refractivity contribution in [2.45, 2.75) is 11.9 Å². The van der Waals surface area contributed by atoms with Gasteiger partial charge in [-0.15, -0.1) is 11.8 Å². The van der Waals surface area contributed by atoms with E-state index in [-0.39, 0.29) is 5.25 Å². The van der Waals surface area contributed by atoms with E-state index in [1.807, 2.05) is 24.5 Å². The predicted molar refractivity (Wildman–Crippen MR) is 92.1 cm³/mol. The molecule has 0 bridgehead atoms. The number of rotatable bonds is 7. The largest absolute Gasteiger partial charge is 0.481 e. The Labute approximate surface area is 140 Å². The van der Waals surface area contributed by atoms with E-state index in [0.717, 1.165) is 11.1 Å². The Morgan fingerprint density at radius 2 is 1.78 bits per heavy atom. The van der Waals surface area contributed by atoms with E-state index in [1.54, 1.807) is 39.2 Å². The van der Waals surface area contributed by atoms with Crippen LogP contribution in [0.2, 0.25) is 0 Å². The van der Waals surface area contributed by atoms with E-state index < -0.39 is 0 Å². The highest BCUT2D eigenvalue weighted by Crippen LogP contribution is 2.37. The van der Waals surface area contributed by atoms with Crippen molar-refractivity contribution in [2.75, 3.05) is 33.3 Å².